The number of fused-ring (bicyclic) bond motifs is 3. The maximum atomic E-state index is 12.6. The smallest absolute Gasteiger partial charge is 0.251 e. The lowest BCUT2D eigenvalue weighted by Crippen LogP contribution is -2.46. The normalized spacial score (nSPS) is 23.3. The zero-order chi connectivity index (χ0) is 18.8. The van der Waals surface area contributed by atoms with E-state index >= 15 is 0 Å². The van der Waals surface area contributed by atoms with Crippen molar-refractivity contribution in [2.45, 2.75) is 58.2 Å². The minimum absolute atomic E-state index is 0.0337. The summed E-state index contributed by atoms with van der Waals surface area (Å²) in [6.45, 7) is 7.92. The highest BCUT2D eigenvalue weighted by atomic mass is 16.5. The molecule has 0 radical (unpaired) electrons. The van der Waals surface area contributed by atoms with Crippen molar-refractivity contribution in [1.82, 2.24) is 15.2 Å². The molecule has 2 aliphatic rings. The Kier molecular flexibility index (Phi) is 5.50. The SMILES string of the molecule is C[C@@H]1CN(CCCNC(=O)c2ccc3[nH]c4c(c3c2)CCCC4)C[C@H](C)O1. The van der Waals surface area contributed by atoms with Gasteiger partial charge in [0.15, 0.2) is 0 Å². The fourth-order valence-electron chi connectivity index (χ4n) is 4.62. The van der Waals surface area contributed by atoms with Crippen molar-refractivity contribution in [1.29, 1.82) is 0 Å². The van der Waals surface area contributed by atoms with Gasteiger partial charge in [0.05, 0.1) is 12.2 Å². The van der Waals surface area contributed by atoms with Crippen LogP contribution in [0.4, 0.5) is 0 Å². The number of aromatic amines is 1. The number of nitrogens with zero attached hydrogens (tertiary/aromatic N) is 1. The van der Waals surface area contributed by atoms with Crippen LogP contribution < -0.4 is 5.32 Å². The Hall–Kier alpha value is -1.85. The number of carbonyl (C=O) groups excluding carboxylic acids is 1. The fraction of sp³-hybridized carbons (Fsp3) is 0.591. The summed E-state index contributed by atoms with van der Waals surface area (Å²) in [6, 6.07) is 6.06. The van der Waals surface area contributed by atoms with Crippen LogP contribution in [0, 0.1) is 0 Å². The first-order valence-corrected chi connectivity index (χ1v) is 10.4. The molecule has 1 aliphatic carbocycles. The van der Waals surface area contributed by atoms with Crippen molar-refractivity contribution in [3.05, 3.63) is 35.0 Å². The average Bonchev–Trinajstić information content (AvgIpc) is 3.02. The Morgan fingerprint density at radius 3 is 2.81 bits per heavy atom. The lowest BCUT2D eigenvalue weighted by molar-refractivity contribution is -0.0679. The van der Waals surface area contributed by atoms with Crippen molar-refractivity contribution in [3.63, 3.8) is 0 Å². The summed E-state index contributed by atoms with van der Waals surface area (Å²) < 4.78 is 5.77. The van der Waals surface area contributed by atoms with Crippen LogP contribution in [0.2, 0.25) is 0 Å². The quantitative estimate of drug-likeness (QED) is 0.795. The molecule has 1 aromatic heterocycles. The minimum Gasteiger partial charge on any atom is -0.373 e. The molecular formula is C22H31N3O2. The second-order valence-corrected chi connectivity index (χ2v) is 8.18. The Morgan fingerprint density at radius 2 is 2.00 bits per heavy atom. The second kappa shape index (κ2) is 8.03. The van der Waals surface area contributed by atoms with Gasteiger partial charge in [0.25, 0.3) is 5.91 Å². The van der Waals surface area contributed by atoms with Crippen LogP contribution in [-0.2, 0) is 17.6 Å². The monoisotopic (exact) mass is 369 g/mol. The highest BCUT2D eigenvalue weighted by molar-refractivity contribution is 5.99. The van der Waals surface area contributed by atoms with Gasteiger partial charge in [0, 0.05) is 48.3 Å². The van der Waals surface area contributed by atoms with E-state index < -0.39 is 0 Å². The van der Waals surface area contributed by atoms with Crippen molar-refractivity contribution in [2.75, 3.05) is 26.2 Å². The zero-order valence-corrected chi connectivity index (χ0v) is 16.5. The van der Waals surface area contributed by atoms with Gasteiger partial charge in [-0.2, -0.15) is 0 Å². The molecule has 0 bridgehead atoms. The van der Waals surface area contributed by atoms with E-state index in [1.807, 2.05) is 6.07 Å². The number of aryl methyl sites for hydroxylation is 2. The van der Waals surface area contributed by atoms with E-state index in [1.165, 1.54) is 29.5 Å². The van der Waals surface area contributed by atoms with Crippen molar-refractivity contribution < 1.29 is 9.53 Å². The van der Waals surface area contributed by atoms with E-state index in [0.717, 1.165) is 50.0 Å². The topological polar surface area (TPSA) is 57.4 Å². The van der Waals surface area contributed by atoms with Crippen LogP contribution in [0.5, 0.6) is 0 Å². The summed E-state index contributed by atoms with van der Waals surface area (Å²) in [4.78, 5) is 18.5. The largest absolute Gasteiger partial charge is 0.373 e. The Labute approximate surface area is 161 Å². The lowest BCUT2D eigenvalue weighted by Gasteiger charge is -2.35. The summed E-state index contributed by atoms with van der Waals surface area (Å²) in [5, 5.41) is 4.32. The third-order valence-electron chi connectivity index (χ3n) is 5.79. The lowest BCUT2D eigenvalue weighted by atomic mass is 9.95. The number of morpholine rings is 1. The molecule has 1 amide bonds. The number of nitrogens with one attached hydrogen (secondary N) is 2. The first kappa shape index (κ1) is 18.5. The number of benzene rings is 1. The molecule has 4 rings (SSSR count). The van der Waals surface area contributed by atoms with Gasteiger partial charge in [0.1, 0.15) is 0 Å². The zero-order valence-electron chi connectivity index (χ0n) is 16.5. The Balaban J connectivity index is 1.32. The van der Waals surface area contributed by atoms with Crippen molar-refractivity contribution in [2.24, 2.45) is 0 Å². The molecule has 2 aromatic rings. The van der Waals surface area contributed by atoms with Gasteiger partial charge in [-0.3, -0.25) is 9.69 Å². The number of hydrogen-bond acceptors (Lipinski definition) is 3. The van der Waals surface area contributed by atoms with E-state index in [4.69, 9.17) is 4.74 Å². The number of rotatable bonds is 5. The van der Waals surface area contributed by atoms with E-state index in [2.05, 4.69) is 41.2 Å². The van der Waals surface area contributed by atoms with Crippen LogP contribution >= 0.6 is 0 Å². The molecule has 0 saturated carbocycles. The number of carbonyl (C=O) groups is 1. The van der Waals surface area contributed by atoms with Crippen LogP contribution in [0.1, 0.15) is 54.7 Å². The molecule has 146 valence electrons. The van der Waals surface area contributed by atoms with Gasteiger partial charge < -0.3 is 15.0 Å². The highest BCUT2D eigenvalue weighted by Gasteiger charge is 2.21. The summed E-state index contributed by atoms with van der Waals surface area (Å²) in [6.07, 6.45) is 6.31. The molecule has 0 unspecified atom stereocenters. The van der Waals surface area contributed by atoms with Crippen LogP contribution in [-0.4, -0.2) is 54.2 Å². The van der Waals surface area contributed by atoms with E-state index in [9.17, 15) is 4.79 Å². The third-order valence-corrected chi connectivity index (χ3v) is 5.79. The second-order valence-electron chi connectivity index (χ2n) is 8.18. The first-order valence-electron chi connectivity index (χ1n) is 10.4. The van der Waals surface area contributed by atoms with E-state index in [0.29, 0.717) is 18.8 Å². The molecule has 1 saturated heterocycles. The van der Waals surface area contributed by atoms with E-state index in [-0.39, 0.29) is 5.91 Å². The molecule has 0 spiro atoms. The van der Waals surface area contributed by atoms with Gasteiger partial charge in [0.2, 0.25) is 0 Å². The summed E-state index contributed by atoms with van der Waals surface area (Å²) in [5.41, 5.74) is 4.71. The summed E-state index contributed by atoms with van der Waals surface area (Å²) in [7, 11) is 0. The first-order chi connectivity index (χ1) is 13.1. The molecule has 1 fully saturated rings. The van der Waals surface area contributed by atoms with Crippen molar-refractivity contribution >= 4 is 16.8 Å². The van der Waals surface area contributed by atoms with Gasteiger partial charge >= 0.3 is 0 Å². The number of amides is 1. The minimum atomic E-state index is 0.0337. The van der Waals surface area contributed by atoms with Crippen LogP contribution in [0.15, 0.2) is 18.2 Å². The molecule has 2 N–H and O–H groups in total. The molecule has 5 heteroatoms. The fourth-order valence-corrected chi connectivity index (χ4v) is 4.62. The van der Waals surface area contributed by atoms with Gasteiger partial charge in [-0.1, -0.05) is 0 Å². The predicted octanol–water partition coefficient (Wildman–Crippen LogP) is 3.28. The summed E-state index contributed by atoms with van der Waals surface area (Å²) in [5.74, 6) is 0.0337. The summed E-state index contributed by atoms with van der Waals surface area (Å²) >= 11 is 0. The third kappa shape index (κ3) is 4.19. The van der Waals surface area contributed by atoms with E-state index in [1.54, 1.807) is 0 Å². The average molecular weight is 370 g/mol. The number of hydrogen-bond donors (Lipinski definition) is 2. The number of ether oxygens (including phenoxy) is 1. The van der Waals surface area contributed by atoms with Crippen LogP contribution in [0.25, 0.3) is 10.9 Å². The predicted molar refractivity (Wildman–Crippen MR) is 108 cm³/mol. The van der Waals surface area contributed by atoms with Crippen molar-refractivity contribution in [3.8, 4) is 0 Å². The molecule has 2 heterocycles. The highest BCUT2D eigenvalue weighted by Crippen LogP contribution is 2.29. The molecule has 1 aromatic carbocycles. The molecule has 1 aliphatic heterocycles. The number of aromatic nitrogens is 1. The molecule has 27 heavy (non-hydrogen) atoms. The Morgan fingerprint density at radius 1 is 1.22 bits per heavy atom. The molecule has 5 nitrogen and oxygen atoms in total. The maximum Gasteiger partial charge on any atom is 0.251 e. The van der Waals surface area contributed by atoms with Gasteiger partial charge in [-0.15, -0.1) is 0 Å². The standard InChI is InChI=1S/C22H31N3O2/c1-15-13-25(14-16(2)27-15)11-5-10-23-22(26)17-8-9-21-19(12-17)18-6-3-4-7-20(18)24-21/h8-9,12,15-16,24H,3-7,10-11,13-14H2,1-2H3,(H,23,26)/t15-,16+. The Bertz CT molecular complexity index is 803. The maximum absolute atomic E-state index is 12.6. The molecular weight excluding hydrogens is 338 g/mol. The number of H-pyrrole nitrogens is 1. The van der Waals surface area contributed by atoms with Crippen LogP contribution in [0.3, 0.4) is 0 Å². The van der Waals surface area contributed by atoms with Gasteiger partial charge in [-0.25, -0.2) is 0 Å². The van der Waals surface area contributed by atoms with Gasteiger partial charge in [-0.05, 0) is 69.7 Å². The molecule has 2 atom stereocenters.